The Bertz CT molecular complexity index is 1770. The third kappa shape index (κ3) is 5.17. The van der Waals surface area contributed by atoms with Gasteiger partial charge in [-0.1, -0.05) is 12.6 Å². The lowest BCUT2D eigenvalue weighted by molar-refractivity contribution is -0.132. The van der Waals surface area contributed by atoms with Gasteiger partial charge < -0.3 is 20.3 Å². The second-order valence-electron chi connectivity index (χ2n) is 9.70. The maximum atomic E-state index is 13.2. The van der Waals surface area contributed by atoms with Gasteiger partial charge in [0.05, 0.1) is 42.3 Å². The topological polar surface area (TPSA) is 127 Å². The number of nitrogens with zero attached hydrogens (tertiary/aromatic N) is 6. The molecule has 41 heavy (non-hydrogen) atoms. The van der Waals surface area contributed by atoms with Gasteiger partial charge >= 0.3 is 0 Å². The summed E-state index contributed by atoms with van der Waals surface area (Å²) in [5, 5.41) is 12.5. The molecule has 1 aliphatic rings. The van der Waals surface area contributed by atoms with E-state index in [9.17, 15) is 9.59 Å². The Labute approximate surface area is 235 Å². The van der Waals surface area contributed by atoms with Gasteiger partial charge in [0, 0.05) is 35.3 Å². The number of likely N-dealkylation sites (tertiary alicyclic amines) is 1. The first kappa shape index (κ1) is 25.9. The molecule has 2 N–H and O–H groups in total. The van der Waals surface area contributed by atoms with Gasteiger partial charge in [0.2, 0.25) is 11.8 Å². The van der Waals surface area contributed by atoms with Crippen LogP contribution in [0, 0.1) is 0 Å². The van der Waals surface area contributed by atoms with Crippen molar-refractivity contribution in [1.29, 1.82) is 0 Å². The smallest absolute Gasteiger partial charge is 0.247 e. The summed E-state index contributed by atoms with van der Waals surface area (Å²) in [6.07, 6.45) is 7.64. The van der Waals surface area contributed by atoms with Gasteiger partial charge in [-0.15, -0.1) is 0 Å². The van der Waals surface area contributed by atoms with Crippen molar-refractivity contribution < 1.29 is 14.3 Å². The summed E-state index contributed by atoms with van der Waals surface area (Å²) in [6, 6.07) is 14.8. The van der Waals surface area contributed by atoms with E-state index in [2.05, 4.69) is 37.3 Å². The minimum Gasteiger partial charge on any atom is -0.494 e. The van der Waals surface area contributed by atoms with Crippen LogP contribution in [0.3, 0.4) is 0 Å². The number of pyridine rings is 1. The van der Waals surface area contributed by atoms with Crippen molar-refractivity contribution in [3.63, 3.8) is 0 Å². The quantitative estimate of drug-likeness (QED) is 0.275. The van der Waals surface area contributed by atoms with Crippen LogP contribution in [0.1, 0.15) is 18.5 Å². The Kier molecular flexibility index (Phi) is 6.99. The average molecular weight is 549 g/mol. The first-order valence-electron chi connectivity index (χ1n) is 13.2. The fraction of sp³-hybridized carbons (Fsp3) is 0.200. The van der Waals surface area contributed by atoms with Crippen LogP contribution in [-0.4, -0.2) is 61.1 Å². The molecule has 5 aromatic rings. The third-order valence-electron chi connectivity index (χ3n) is 7.17. The number of anilines is 3. The van der Waals surface area contributed by atoms with E-state index in [-0.39, 0.29) is 11.8 Å². The number of hydrogen-bond donors (Lipinski definition) is 2. The molecule has 1 aliphatic heterocycles. The zero-order valence-corrected chi connectivity index (χ0v) is 22.4. The van der Waals surface area contributed by atoms with Crippen molar-refractivity contribution in [2.45, 2.75) is 25.4 Å². The van der Waals surface area contributed by atoms with Crippen LogP contribution in [0.15, 0.2) is 79.9 Å². The van der Waals surface area contributed by atoms with Crippen LogP contribution < -0.4 is 15.4 Å². The zero-order valence-electron chi connectivity index (χ0n) is 22.4. The Balaban J connectivity index is 1.27. The van der Waals surface area contributed by atoms with Crippen molar-refractivity contribution in [3.05, 3.63) is 85.6 Å². The second kappa shape index (κ2) is 11.0. The molecule has 6 rings (SSSR count). The molecular formula is C30H28N8O3. The van der Waals surface area contributed by atoms with Crippen LogP contribution in [0.5, 0.6) is 5.75 Å². The number of aromatic nitrogens is 5. The zero-order chi connectivity index (χ0) is 28.3. The SMILES string of the molecule is C=CC(=O)N1CCC[C@H]1C(=O)Nc1cc2c(Nc3ccc4c(cnn4Cc4ccccn4)c3)ncnc2cc1OC. The van der Waals surface area contributed by atoms with E-state index in [4.69, 9.17) is 4.74 Å². The molecule has 0 spiro atoms. The summed E-state index contributed by atoms with van der Waals surface area (Å²) in [5.41, 5.74) is 3.84. The molecule has 2 aromatic carbocycles. The molecule has 0 aliphatic carbocycles. The molecule has 0 bridgehead atoms. The molecule has 0 unspecified atom stereocenters. The van der Waals surface area contributed by atoms with E-state index in [0.29, 0.717) is 47.7 Å². The lowest BCUT2D eigenvalue weighted by Crippen LogP contribution is -2.42. The molecule has 1 saturated heterocycles. The predicted molar refractivity (Wildman–Crippen MR) is 156 cm³/mol. The standard InChI is InChI=1S/C30H28N8O3/c1-3-28(39)37-12-6-8-26(37)30(40)36-24-14-22-23(15-27(24)41-2)32-18-33-29(22)35-20-9-10-25-19(13-20)16-34-38(25)17-21-7-4-5-11-31-21/h3-5,7,9-11,13-16,18,26H,1,6,8,12,17H2,2H3,(H,36,40)(H,32,33,35)/t26-/m0/s1. The number of amides is 2. The van der Waals surface area contributed by atoms with Crippen molar-refractivity contribution in [2.24, 2.45) is 0 Å². The molecule has 1 fully saturated rings. The average Bonchev–Trinajstić information content (AvgIpc) is 3.65. The Morgan fingerprint density at radius 2 is 2.05 bits per heavy atom. The summed E-state index contributed by atoms with van der Waals surface area (Å²) in [7, 11) is 1.53. The number of fused-ring (bicyclic) bond motifs is 2. The first-order valence-corrected chi connectivity index (χ1v) is 13.2. The van der Waals surface area contributed by atoms with Gasteiger partial charge in [-0.3, -0.25) is 19.3 Å². The first-order chi connectivity index (χ1) is 20.0. The lowest BCUT2D eigenvalue weighted by Gasteiger charge is -2.23. The minimum absolute atomic E-state index is 0.257. The largest absolute Gasteiger partial charge is 0.494 e. The molecule has 11 heteroatoms. The highest BCUT2D eigenvalue weighted by Crippen LogP contribution is 2.34. The van der Waals surface area contributed by atoms with E-state index in [1.54, 1.807) is 23.2 Å². The van der Waals surface area contributed by atoms with Crippen LogP contribution in [-0.2, 0) is 16.1 Å². The molecule has 11 nitrogen and oxygen atoms in total. The van der Waals surface area contributed by atoms with Crippen LogP contribution in [0.25, 0.3) is 21.8 Å². The Hall–Kier alpha value is -5.32. The monoisotopic (exact) mass is 548 g/mol. The van der Waals surface area contributed by atoms with Gasteiger partial charge in [0.1, 0.15) is 23.9 Å². The molecule has 206 valence electrons. The normalized spacial score (nSPS) is 14.8. The number of rotatable bonds is 8. The summed E-state index contributed by atoms with van der Waals surface area (Å²) >= 11 is 0. The predicted octanol–water partition coefficient (Wildman–Crippen LogP) is 4.29. The maximum absolute atomic E-state index is 13.2. The highest BCUT2D eigenvalue weighted by molar-refractivity contribution is 6.03. The number of ether oxygens (including phenoxy) is 1. The van der Waals surface area contributed by atoms with E-state index in [0.717, 1.165) is 28.7 Å². The number of hydrogen-bond acceptors (Lipinski definition) is 8. The van der Waals surface area contributed by atoms with E-state index < -0.39 is 6.04 Å². The van der Waals surface area contributed by atoms with Gasteiger partial charge in [0.15, 0.2) is 0 Å². The molecule has 3 aromatic heterocycles. The van der Waals surface area contributed by atoms with Crippen LogP contribution in [0.2, 0.25) is 0 Å². The number of methoxy groups -OCH3 is 1. The number of nitrogens with one attached hydrogen (secondary N) is 2. The van der Waals surface area contributed by atoms with E-state index >= 15 is 0 Å². The summed E-state index contributed by atoms with van der Waals surface area (Å²) in [4.78, 5) is 40.3. The van der Waals surface area contributed by atoms with Gasteiger partial charge in [-0.05, 0) is 55.3 Å². The highest BCUT2D eigenvalue weighted by Gasteiger charge is 2.33. The summed E-state index contributed by atoms with van der Waals surface area (Å²) in [6.45, 7) is 4.65. The fourth-order valence-electron chi connectivity index (χ4n) is 5.16. The highest BCUT2D eigenvalue weighted by atomic mass is 16.5. The number of carbonyl (C=O) groups excluding carboxylic acids is 2. The number of benzene rings is 2. The number of carbonyl (C=O) groups is 2. The lowest BCUT2D eigenvalue weighted by atomic mass is 10.1. The molecule has 2 amide bonds. The van der Waals surface area contributed by atoms with E-state index in [1.807, 2.05) is 47.3 Å². The van der Waals surface area contributed by atoms with Crippen molar-refractivity contribution >= 4 is 50.8 Å². The van der Waals surface area contributed by atoms with Crippen molar-refractivity contribution in [3.8, 4) is 5.75 Å². The van der Waals surface area contributed by atoms with Crippen molar-refractivity contribution in [2.75, 3.05) is 24.3 Å². The fourth-order valence-corrected chi connectivity index (χ4v) is 5.16. The van der Waals surface area contributed by atoms with Crippen molar-refractivity contribution in [1.82, 2.24) is 29.6 Å². The molecule has 0 saturated carbocycles. The minimum atomic E-state index is -0.573. The summed E-state index contributed by atoms with van der Waals surface area (Å²) in [5.74, 6) is 0.483. The Morgan fingerprint density at radius 1 is 1.15 bits per heavy atom. The van der Waals surface area contributed by atoms with E-state index in [1.165, 1.54) is 19.5 Å². The third-order valence-corrected chi connectivity index (χ3v) is 7.17. The second-order valence-corrected chi connectivity index (χ2v) is 9.70. The molecule has 1 atom stereocenters. The van der Waals surface area contributed by atoms with Gasteiger partial charge in [-0.25, -0.2) is 9.97 Å². The van der Waals surface area contributed by atoms with Gasteiger partial charge in [0.25, 0.3) is 0 Å². The van der Waals surface area contributed by atoms with Crippen LogP contribution in [0.4, 0.5) is 17.2 Å². The summed E-state index contributed by atoms with van der Waals surface area (Å²) < 4.78 is 7.47. The van der Waals surface area contributed by atoms with Crippen LogP contribution >= 0.6 is 0 Å². The molecule has 4 heterocycles. The maximum Gasteiger partial charge on any atom is 0.247 e. The van der Waals surface area contributed by atoms with Gasteiger partial charge in [-0.2, -0.15) is 5.10 Å². The molecule has 0 radical (unpaired) electrons. The Morgan fingerprint density at radius 3 is 2.85 bits per heavy atom. The molecular weight excluding hydrogens is 520 g/mol.